The van der Waals surface area contributed by atoms with Crippen molar-refractivity contribution in [1.82, 2.24) is 0 Å². The van der Waals surface area contributed by atoms with Gasteiger partial charge < -0.3 is 18.9 Å². The van der Waals surface area contributed by atoms with Gasteiger partial charge in [0.2, 0.25) is 0 Å². The van der Waals surface area contributed by atoms with Crippen molar-refractivity contribution < 1.29 is 23.7 Å². The molecule has 2 atom stereocenters. The number of hydrogen-bond donors (Lipinski definition) is 0. The quantitative estimate of drug-likeness (QED) is 0.557. The van der Waals surface area contributed by atoms with Gasteiger partial charge in [0.1, 0.15) is 6.61 Å². The predicted molar refractivity (Wildman–Crippen MR) is 55.0 cm³/mol. The van der Waals surface area contributed by atoms with Gasteiger partial charge in [0.15, 0.2) is 0 Å². The Bertz CT molecular complexity index is 230. The van der Waals surface area contributed by atoms with Crippen LogP contribution in [0.5, 0.6) is 0 Å². The van der Waals surface area contributed by atoms with Crippen LogP contribution in [0.15, 0.2) is 0 Å². The summed E-state index contributed by atoms with van der Waals surface area (Å²) in [5, 5.41) is 0. The van der Waals surface area contributed by atoms with Crippen molar-refractivity contribution in [2.75, 3.05) is 46.2 Å². The van der Waals surface area contributed by atoms with E-state index in [2.05, 4.69) is 0 Å². The Morgan fingerprint density at radius 2 is 1.50 bits per heavy atom. The van der Waals surface area contributed by atoms with Crippen molar-refractivity contribution in [2.45, 2.75) is 6.42 Å². The van der Waals surface area contributed by atoms with Crippen LogP contribution in [0.2, 0.25) is 0 Å². The van der Waals surface area contributed by atoms with E-state index >= 15 is 0 Å². The number of fused-ring (bicyclic) bond motifs is 1. The van der Waals surface area contributed by atoms with Crippen LogP contribution in [-0.4, -0.2) is 52.2 Å². The average Bonchev–Trinajstić information content (AvgIpc) is 3.04. The standard InChI is InChI=1S/C11H18O5/c12-11-10-7-9(10)8-15-4-3-13-1-2-14-5-6-16-11/h9-10H,1-8H2/t9-,10+/m1/s1. The fraction of sp³-hybridized carbons (Fsp3) is 0.909. The van der Waals surface area contributed by atoms with E-state index in [1.807, 2.05) is 0 Å². The summed E-state index contributed by atoms with van der Waals surface area (Å²) in [4.78, 5) is 11.5. The van der Waals surface area contributed by atoms with Crippen LogP contribution in [0.25, 0.3) is 0 Å². The molecule has 0 spiro atoms. The van der Waals surface area contributed by atoms with E-state index in [1.165, 1.54) is 0 Å². The predicted octanol–water partition coefficient (Wildman–Crippen LogP) is 0.229. The number of ether oxygens (including phenoxy) is 4. The lowest BCUT2D eigenvalue weighted by molar-refractivity contribution is -0.147. The fourth-order valence-corrected chi connectivity index (χ4v) is 1.70. The minimum Gasteiger partial charge on any atom is -0.463 e. The molecule has 1 aliphatic carbocycles. The summed E-state index contributed by atoms with van der Waals surface area (Å²) < 4.78 is 21.0. The Morgan fingerprint density at radius 3 is 2.25 bits per heavy atom. The first-order chi connectivity index (χ1) is 7.88. The topological polar surface area (TPSA) is 54.0 Å². The molecule has 0 bridgehead atoms. The van der Waals surface area contributed by atoms with Gasteiger partial charge in [0.25, 0.3) is 0 Å². The Hall–Kier alpha value is -0.650. The highest BCUT2D eigenvalue weighted by molar-refractivity contribution is 5.75. The van der Waals surface area contributed by atoms with E-state index in [0.29, 0.717) is 52.2 Å². The molecule has 0 amide bonds. The molecule has 1 heterocycles. The van der Waals surface area contributed by atoms with E-state index in [1.54, 1.807) is 0 Å². The summed E-state index contributed by atoms with van der Waals surface area (Å²) in [6.07, 6.45) is 0.889. The summed E-state index contributed by atoms with van der Waals surface area (Å²) in [5.74, 6) is 0.283. The summed E-state index contributed by atoms with van der Waals surface area (Å²) in [6, 6.07) is 0. The third kappa shape index (κ3) is 3.73. The maximum atomic E-state index is 11.5. The van der Waals surface area contributed by atoms with Crippen LogP contribution in [0, 0.1) is 11.8 Å². The molecule has 1 aliphatic heterocycles. The van der Waals surface area contributed by atoms with E-state index in [4.69, 9.17) is 18.9 Å². The zero-order valence-electron chi connectivity index (χ0n) is 9.35. The maximum absolute atomic E-state index is 11.5. The van der Waals surface area contributed by atoms with Gasteiger partial charge in [-0.3, -0.25) is 4.79 Å². The molecular formula is C11H18O5. The van der Waals surface area contributed by atoms with Gasteiger partial charge in [0, 0.05) is 0 Å². The normalized spacial score (nSPS) is 33.4. The molecule has 2 fully saturated rings. The van der Waals surface area contributed by atoms with Gasteiger partial charge in [-0.05, 0) is 12.3 Å². The second-order valence-corrected chi connectivity index (χ2v) is 4.07. The molecular weight excluding hydrogens is 212 g/mol. The van der Waals surface area contributed by atoms with Gasteiger partial charge in [-0.1, -0.05) is 0 Å². The third-order valence-corrected chi connectivity index (χ3v) is 2.77. The van der Waals surface area contributed by atoms with Crippen molar-refractivity contribution in [2.24, 2.45) is 11.8 Å². The van der Waals surface area contributed by atoms with Crippen LogP contribution < -0.4 is 0 Å². The summed E-state index contributed by atoms with van der Waals surface area (Å²) in [5.41, 5.74) is 0. The fourth-order valence-electron chi connectivity index (χ4n) is 1.70. The molecule has 5 nitrogen and oxygen atoms in total. The average molecular weight is 230 g/mol. The van der Waals surface area contributed by atoms with Crippen molar-refractivity contribution in [3.63, 3.8) is 0 Å². The molecule has 5 heteroatoms. The van der Waals surface area contributed by atoms with Crippen molar-refractivity contribution in [3.8, 4) is 0 Å². The van der Waals surface area contributed by atoms with E-state index < -0.39 is 0 Å². The zero-order chi connectivity index (χ0) is 11.2. The van der Waals surface area contributed by atoms with Crippen molar-refractivity contribution in [1.29, 1.82) is 0 Å². The Morgan fingerprint density at radius 1 is 0.875 bits per heavy atom. The smallest absolute Gasteiger partial charge is 0.309 e. The minimum atomic E-state index is -0.106. The Labute approximate surface area is 95.0 Å². The zero-order valence-corrected chi connectivity index (χ0v) is 9.35. The third-order valence-electron chi connectivity index (χ3n) is 2.77. The van der Waals surface area contributed by atoms with Crippen LogP contribution in [0.4, 0.5) is 0 Å². The molecule has 0 aromatic heterocycles. The first kappa shape index (κ1) is 11.8. The molecule has 1 saturated heterocycles. The van der Waals surface area contributed by atoms with E-state index in [9.17, 15) is 4.79 Å². The highest BCUT2D eigenvalue weighted by Crippen LogP contribution is 2.39. The van der Waals surface area contributed by atoms with Gasteiger partial charge in [-0.25, -0.2) is 0 Å². The van der Waals surface area contributed by atoms with Crippen molar-refractivity contribution in [3.05, 3.63) is 0 Å². The summed E-state index contributed by atoms with van der Waals surface area (Å²) in [6.45, 7) is 3.68. The first-order valence-corrected chi connectivity index (χ1v) is 5.78. The molecule has 0 radical (unpaired) electrons. The monoisotopic (exact) mass is 230 g/mol. The van der Waals surface area contributed by atoms with Crippen molar-refractivity contribution >= 4 is 5.97 Å². The first-order valence-electron chi connectivity index (χ1n) is 5.78. The summed E-state index contributed by atoms with van der Waals surface area (Å²) >= 11 is 0. The Kier molecular flexibility index (Phi) is 4.56. The lowest BCUT2D eigenvalue weighted by atomic mass is 10.3. The SMILES string of the molecule is O=C1OCCOCCOCCOC[C@H]2C[C@H]12. The molecule has 0 aromatic rings. The number of carbonyl (C=O) groups is 1. The van der Waals surface area contributed by atoms with E-state index in [0.717, 1.165) is 6.42 Å². The second-order valence-electron chi connectivity index (χ2n) is 4.07. The summed E-state index contributed by atoms with van der Waals surface area (Å²) in [7, 11) is 0. The van der Waals surface area contributed by atoms with Crippen LogP contribution >= 0.6 is 0 Å². The van der Waals surface area contributed by atoms with Gasteiger partial charge in [-0.2, -0.15) is 0 Å². The molecule has 1 saturated carbocycles. The lowest BCUT2D eigenvalue weighted by Gasteiger charge is -2.09. The van der Waals surface area contributed by atoms with Gasteiger partial charge >= 0.3 is 5.97 Å². The Balaban J connectivity index is 1.71. The van der Waals surface area contributed by atoms with Crippen LogP contribution in [-0.2, 0) is 23.7 Å². The van der Waals surface area contributed by atoms with Gasteiger partial charge in [-0.15, -0.1) is 0 Å². The molecule has 0 aromatic carbocycles. The lowest BCUT2D eigenvalue weighted by Crippen LogP contribution is -2.17. The molecule has 2 aliphatic rings. The molecule has 0 unspecified atom stereocenters. The molecule has 16 heavy (non-hydrogen) atoms. The van der Waals surface area contributed by atoms with Crippen LogP contribution in [0.3, 0.4) is 0 Å². The highest BCUT2D eigenvalue weighted by atomic mass is 16.6. The highest BCUT2D eigenvalue weighted by Gasteiger charge is 2.44. The largest absolute Gasteiger partial charge is 0.463 e. The molecule has 92 valence electrons. The van der Waals surface area contributed by atoms with Gasteiger partial charge in [0.05, 0.1) is 45.6 Å². The number of cyclic esters (lactones) is 1. The molecule has 2 rings (SSSR count). The minimum absolute atomic E-state index is 0.0452. The van der Waals surface area contributed by atoms with E-state index in [-0.39, 0.29) is 11.9 Å². The molecule has 0 N–H and O–H groups in total. The van der Waals surface area contributed by atoms with Crippen LogP contribution in [0.1, 0.15) is 6.42 Å². The number of esters is 1. The number of hydrogen-bond acceptors (Lipinski definition) is 5. The number of rotatable bonds is 0. The number of carbonyl (C=O) groups excluding carboxylic acids is 1. The maximum Gasteiger partial charge on any atom is 0.309 e. The second kappa shape index (κ2) is 6.18.